The van der Waals surface area contributed by atoms with E-state index < -0.39 is 18.0 Å². The average molecular weight is 405 g/mol. The minimum absolute atomic E-state index is 0.301. The van der Waals surface area contributed by atoms with Crippen molar-refractivity contribution in [2.75, 3.05) is 19.0 Å². The first-order valence-corrected chi connectivity index (χ1v) is 9.48. The van der Waals surface area contributed by atoms with E-state index in [0.717, 1.165) is 11.1 Å². The summed E-state index contributed by atoms with van der Waals surface area (Å²) in [4.78, 5) is 24.6. The first-order valence-electron chi connectivity index (χ1n) is 9.48. The standard InChI is InChI=1S/C24H23NO5/c1-17(30-23(26)16-29-20-14-12-19(28-2)13-15-20)24(27)25-22-11-7-6-10-21(22)18-8-4-3-5-9-18/h3-15,17H,16H2,1-2H3,(H,25,27)/t17-/m0/s1. The van der Waals surface area contributed by atoms with Gasteiger partial charge in [0.05, 0.1) is 7.11 Å². The van der Waals surface area contributed by atoms with Gasteiger partial charge in [0, 0.05) is 11.3 Å². The Morgan fingerprint density at radius 3 is 2.20 bits per heavy atom. The van der Waals surface area contributed by atoms with Crippen LogP contribution in [0.5, 0.6) is 11.5 Å². The molecule has 0 fully saturated rings. The molecule has 0 saturated heterocycles. The van der Waals surface area contributed by atoms with Crippen molar-refractivity contribution in [3.8, 4) is 22.6 Å². The third-order valence-electron chi connectivity index (χ3n) is 4.36. The fourth-order valence-electron chi connectivity index (χ4n) is 2.79. The smallest absolute Gasteiger partial charge is 0.344 e. The number of hydrogen-bond acceptors (Lipinski definition) is 5. The Morgan fingerprint density at radius 1 is 0.867 bits per heavy atom. The minimum Gasteiger partial charge on any atom is -0.497 e. The van der Waals surface area contributed by atoms with Crippen LogP contribution in [0.1, 0.15) is 6.92 Å². The van der Waals surface area contributed by atoms with Crippen LogP contribution in [0.4, 0.5) is 5.69 Å². The zero-order valence-electron chi connectivity index (χ0n) is 16.8. The molecule has 0 aliphatic heterocycles. The number of methoxy groups -OCH3 is 1. The molecular weight excluding hydrogens is 382 g/mol. The van der Waals surface area contributed by atoms with Crippen molar-refractivity contribution < 1.29 is 23.8 Å². The van der Waals surface area contributed by atoms with Gasteiger partial charge in [-0.05, 0) is 42.8 Å². The zero-order valence-corrected chi connectivity index (χ0v) is 16.8. The lowest BCUT2D eigenvalue weighted by atomic mass is 10.0. The molecule has 0 bridgehead atoms. The molecular formula is C24H23NO5. The summed E-state index contributed by atoms with van der Waals surface area (Å²) < 4.78 is 15.6. The van der Waals surface area contributed by atoms with E-state index in [1.165, 1.54) is 6.92 Å². The Balaban J connectivity index is 1.55. The summed E-state index contributed by atoms with van der Waals surface area (Å²) in [5.41, 5.74) is 2.50. The van der Waals surface area contributed by atoms with E-state index in [0.29, 0.717) is 17.2 Å². The quantitative estimate of drug-likeness (QED) is 0.565. The number of anilines is 1. The van der Waals surface area contributed by atoms with Crippen molar-refractivity contribution in [2.24, 2.45) is 0 Å². The van der Waals surface area contributed by atoms with Crippen LogP contribution in [0.3, 0.4) is 0 Å². The second-order valence-electron chi connectivity index (χ2n) is 6.50. The highest BCUT2D eigenvalue weighted by atomic mass is 16.6. The van der Waals surface area contributed by atoms with Crippen LogP contribution in [0.2, 0.25) is 0 Å². The van der Waals surface area contributed by atoms with Crippen molar-refractivity contribution in [1.82, 2.24) is 0 Å². The molecule has 3 rings (SSSR count). The number of nitrogens with one attached hydrogen (secondary N) is 1. The van der Waals surface area contributed by atoms with Crippen molar-refractivity contribution in [3.63, 3.8) is 0 Å². The molecule has 3 aromatic rings. The predicted octanol–water partition coefficient (Wildman–Crippen LogP) is 4.31. The highest BCUT2D eigenvalue weighted by molar-refractivity contribution is 5.98. The molecule has 1 amide bonds. The van der Waals surface area contributed by atoms with Gasteiger partial charge >= 0.3 is 5.97 Å². The topological polar surface area (TPSA) is 73.9 Å². The number of ether oxygens (including phenoxy) is 3. The summed E-state index contributed by atoms with van der Waals surface area (Å²) in [6, 6.07) is 24.0. The SMILES string of the molecule is COc1ccc(OCC(=O)O[C@@H](C)C(=O)Nc2ccccc2-c2ccccc2)cc1. The Labute approximate surface area is 175 Å². The van der Waals surface area contributed by atoms with E-state index in [1.54, 1.807) is 31.4 Å². The molecule has 30 heavy (non-hydrogen) atoms. The number of hydrogen-bond donors (Lipinski definition) is 1. The number of esters is 1. The molecule has 6 nitrogen and oxygen atoms in total. The van der Waals surface area contributed by atoms with Crippen LogP contribution in [0.25, 0.3) is 11.1 Å². The first-order chi connectivity index (χ1) is 14.6. The van der Waals surface area contributed by atoms with Gasteiger partial charge in [-0.1, -0.05) is 48.5 Å². The van der Waals surface area contributed by atoms with Crippen LogP contribution in [0.15, 0.2) is 78.9 Å². The number of benzene rings is 3. The van der Waals surface area contributed by atoms with Gasteiger partial charge in [0.25, 0.3) is 5.91 Å². The lowest BCUT2D eigenvalue weighted by Gasteiger charge is -2.16. The second kappa shape index (κ2) is 10.1. The van der Waals surface area contributed by atoms with E-state index in [-0.39, 0.29) is 6.61 Å². The van der Waals surface area contributed by atoms with E-state index in [1.807, 2.05) is 54.6 Å². The predicted molar refractivity (Wildman–Crippen MR) is 115 cm³/mol. The summed E-state index contributed by atoms with van der Waals surface area (Å²) in [5.74, 6) is 0.133. The van der Waals surface area contributed by atoms with Gasteiger partial charge in [0.1, 0.15) is 11.5 Å². The monoisotopic (exact) mass is 405 g/mol. The number of carbonyl (C=O) groups excluding carboxylic acids is 2. The van der Waals surface area contributed by atoms with Crippen molar-refractivity contribution >= 4 is 17.6 Å². The third-order valence-corrected chi connectivity index (χ3v) is 4.36. The molecule has 3 aromatic carbocycles. The summed E-state index contributed by atoms with van der Waals surface area (Å²) in [7, 11) is 1.57. The number of para-hydroxylation sites is 1. The van der Waals surface area contributed by atoms with Crippen LogP contribution in [-0.2, 0) is 14.3 Å². The lowest BCUT2D eigenvalue weighted by Crippen LogP contribution is -2.31. The highest BCUT2D eigenvalue weighted by Gasteiger charge is 2.19. The maximum absolute atomic E-state index is 12.5. The molecule has 0 aliphatic rings. The van der Waals surface area contributed by atoms with E-state index in [9.17, 15) is 9.59 Å². The largest absolute Gasteiger partial charge is 0.497 e. The van der Waals surface area contributed by atoms with E-state index in [4.69, 9.17) is 14.2 Å². The molecule has 1 N–H and O–H groups in total. The van der Waals surface area contributed by atoms with Gasteiger partial charge in [0.2, 0.25) is 0 Å². The van der Waals surface area contributed by atoms with Crippen molar-refractivity contribution in [3.05, 3.63) is 78.9 Å². The average Bonchev–Trinajstić information content (AvgIpc) is 2.79. The summed E-state index contributed by atoms with van der Waals surface area (Å²) in [6.45, 7) is 1.22. The summed E-state index contributed by atoms with van der Waals surface area (Å²) in [5, 5.41) is 2.83. The maximum atomic E-state index is 12.5. The molecule has 6 heteroatoms. The molecule has 0 aromatic heterocycles. The van der Waals surface area contributed by atoms with Gasteiger partial charge in [-0.2, -0.15) is 0 Å². The normalized spacial score (nSPS) is 11.3. The molecule has 1 atom stereocenters. The third kappa shape index (κ3) is 5.61. The zero-order chi connectivity index (χ0) is 21.3. The van der Waals surface area contributed by atoms with Crippen LogP contribution in [0, 0.1) is 0 Å². The maximum Gasteiger partial charge on any atom is 0.344 e. The van der Waals surface area contributed by atoms with Gasteiger partial charge in [0.15, 0.2) is 12.7 Å². The van der Waals surface area contributed by atoms with Gasteiger partial charge in [-0.3, -0.25) is 4.79 Å². The summed E-state index contributed by atoms with van der Waals surface area (Å²) >= 11 is 0. The fourth-order valence-corrected chi connectivity index (χ4v) is 2.79. The van der Waals surface area contributed by atoms with Crippen LogP contribution < -0.4 is 14.8 Å². The van der Waals surface area contributed by atoms with E-state index >= 15 is 0 Å². The second-order valence-corrected chi connectivity index (χ2v) is 6.50. The molecule has 0 radical (unpaired) electrons. The highest BCUT2D eigenvalue weighted by Crippen LogP contribution is 2.27. The first kappa shape index (κ1) is 20.9. The number of rotatable bonds is 8. The molecule has 0 spiro atoms. The van der Waals surface area contributed by atoms with Crippen LogP contribution >= 0.6 is 0 Å². The van der Waals surface area contributed by atoms with Gasteiger partial charge in [-0.25, -0.2) is 4.79 Å². The fraction of sp³-hybridized carbons (Fsp3) is 0.167. The number of carbonyl (C=O) groups is 2. The molecule has 0 heterocycles. The minimum atomic E-state index is -0.971. The van der Waals surface area contributed by atoms with E-state index in [2.05, 4.69) is 5.32 Å². The summed E-state index contributed by atoms with van der Waals surface area (Å²) in [6.07, 6.45) is -0.971. The molecule has 0 aliphatic carbocycles. The number of amides is 1. The Hall–Kier alpha value is -3.80. The van der Waals surface area contributed by atoms with Crippen LogP contribution in [-0.4, -0.2) is 31.7 Å². The Bertz CT molecular complexity index is 986. The van der Waals surface area contributed by atoms with Crippen molar-refractivity contribution in [2.45, 2.75) is 13.0 Å². The molecule has 0 saturated carbocycles. The Kier molecular flexibility index (Phi) is 7.05. The lowest BCUT2D eigenvalue weighted by molar-refractivity contribution is -0.155. The molecule has 154 valence electrons. The molecule has 0 unspecified atom stereocenters. The van der Waals surface area contributed by atoms with Gasteiger partial charge < -0.3 is 19.5 Å². The van der Waals surface area contributed by atoms with Crippen molar-refractivity contribution in [1.29, 1.82) is 0 Å². The van der Waals surface area contributed by atoms with Gasteiger partial charge in [-0.15, -0.1) is 0 Å². The Morgan fingerprint density at radius 2 is 1.50 bits per heavy atom.